The average molecular weight is 372 g/mol. The second-order valence-corrected chi connectivity index (χ2v) is 6.79. The molecule has 0 aromatic heterocycles. The summed E-state index contributed by atoms with van der Waals surface area (Å²) in [6.07, 6.45) is 0.237. The summed E-state index contributed by atoms with van der Waals surface area (Å²) in [4.78, 5) is 39.1. The topological polar surface area (TPSA) is 66.5 Å². The van der Waals surface area contributed by atoms with Gasteiger partial charge >= 0.3 is 0 Å². The van der Waals surface area contributed by atoms with E-state index in [1.54, 1.807) is 12.1 Å². The lowest BCUT2D eigenvalue weighted by atomic mass is 10.0. The summed E-state index contributed by atoms with van der Waals surface area (Å²) in [7, 11) is 0. The van der Waals surface area contributed by atoms with Crippen LogP contribution in [0, 0.1) is 17.6 Å². The molecular formula is C20H18F2N2O3. The SMILES string of the molecule is CC(C)CC(C(=O)Nc1ccc(F)c(F)c1)N1C(=O)c2ccccc2C1=O. The summed E-state index contributed by atoms with van der Waals surface area (Å²) < 4.78 is 26.5. The van der Waals surface area contributed by atoms with Gasteiger partial charge in [-0.3, -0.25) is 19.3 Å². The van der Waals surface area contributed by atoms with E-state index in [0.29, 0.717) is 0 Å². The van der Waals surface area contributed by atoms with Gasteiger partial charge in [0, 0.05) is 11.8 Å². The molecule has 1 aliphatic heterocycles. The van der Waals surface area contributed by atoms with Crippen LogP contribution in [0.4, 0.5) is 14.5 Å². The summed E-state index contributed by atoms with van der Waals surface area (Å²) in [5.41, 5.74) is 0.540. The Morgan fingerprint density at radius 2 is 1.59 bits per heavy atom. The van der Waals surface area contributed by atoms with E-state index in [0.717, 1.165) is 17.0 Å². The smallest absolute Gasteiger partial charge is 0.262 e. The zero-order chi connectivity index (χ0) is 19.7. The van der Waals surface area contributed by atoms with Crippen LogP contribution in [0.3, 0.4) is 0 Å². The Labute approximate surface area is 155 Å². The van der Waals surface area contributed by atoms with Gasteiger partial charge in [0.25, 0.3) is 11.8 Å². The molecule has 0 saturated heterocycles. The molecule has 2 aromatic carbocycles. The van der Waals surface area contributed by atoms with E-state index >= 15 is 0 Å². The maximum atomic E-state index is 13.4. The highest BCUT2D eigenvalue weighted by Crippen LogP contribution is 2.27. The molecule has 7 heteroatoms. The number of fused-ring (bicyclic) bond motifs is 1. The highest BCUT2D eigenvalue weighted by Gasteiger charge is 2.42. The summed E-state index contributed by atoms with van der Waals surface area (Å²) in [5.74, 6) is -3.84. The number of rotatable bonds is 5. The van der Waals surface area contributed by atoms with Gasteiger partial charge in [-0.25, -0.2) is 8.78 Å². The molecule has 1 atom stereocenters. The van der Waals surface area contributed by atoms with Crippen molar-refractivity contribution in [3.05, 3.63) is 65.2 Å². The maximum Gasteiger partial charge on any atom is 0.262 e. The predicted octanol–water partition coefficient (Wildman–Crippen LogP) is 3.61. The lowest BCUT2D eigenvalue weighted by Crippen LogP contribution is -2.47. The number of benzene rings is 2. The number of nitrogens with one attached hydrogen (secondary N) is 1. The van der Waals surface area contributed by atoms with Crippen molar-refractivity contribution in [3.8, 4) is 0 Å². The Morgan fingerprint density at radius 1 is 1.00 bits per heavy atom. The molecule has 0 fully saturated rings. The Bertz CT molecular complexity index is 892. The summed E-state index contributed by atoms with van der Waals surface area (Å²) in [5, 5.41) is 2.47. The summed E-state index contributed by atoms with van der Waals surface area (Å²) >= 11 is 0. The fourth-order valence-corrected chi connectivity index (χ4v) is 3.07. The number of hydrogen-bond donors (Lipinski definition) is 1. The molecule has 1 N–H and O–H groups in total. The van der Waals surface area contributed by atoms with Gasteiger partial charge in [0.05, 0.1) is 11.1 Å². The van der Waals surface area contributed by atoms with Gasteiger partial charge in [0.15, 0.2) is 11.6 Å². The lowest BCUT2D eigenvalue weighted by molar-refractivity contribution is -0.120. The number of anilines is 1. The molecule has 3 amide bonds. The van der Waals surface area contributed by atoms with Crippen LogP contribution in [0.25, 0.3) is 0 Å². The molecule has 0 spiro atoms. The third-order valence-corrected chi connectivity index (χ3v) is 4.32. The number of imide groups is 1. The second-order valence-electron chi connectivity index (χ2n) is 6.79. The van der Waals surface area contributed by atoms with Gasteiger partial charge in [-0.05, 0) is 36.6 Å². The monoisotopic (exact) mass is 372 g/mol. The third kappa shape index (κ3) is 3.58. The van der Waals surface area contributed by atoms with Crippen molar-refractivity contribution in [2.75, 3.05) is 5.32 Å². The van der Waals surface area contributed by atoms with Crippen molar-refractivity contribution in [1.29, 1.82) is 0 Å². The minimum Gasteiger partial charge on any atom is -0.324 e. The highest BCUT2D eigenvalue weighted by atomic mass is 19.2. The van der Waals surface area contributed by atoms with Crippen LogP contribution >= 0.6 is 0 Å². The number of carbonyl (C=O) groups is 3. The van der Waals surface area contributed by atoms with Gasteiger partial charge in [0.2, 0.25) is 5.91 Å². The fourth-order valence-electron chi connectivity index (χ4n) is 3.07. The number of halogens is 2. The van der Waals surface area contributed by atoms with Crippen molar-refractivity contribution in [1.82, 2.24) is 4.90 Å². The first-order valence-electron chi connectivity index (χ1n) is 8.52. The molecule has 1 unspecified atom stereocenters. The predicted molar refractivity (Wildman–Crippen MR) is 95.2 cm³/mol. The third-order valence-electron chi connectivity index (χ3n) is 4.32. The van der Waals surface area contributed by atoms with Gasteiger partial charge in [0.1, 0.15) is 6.04 Å². The van der Waals surface area contributed by atoms with Crippen LogP contribution in [0.2, 0.25) is 0 Å². The Balaban J connectivity index is 1.90. The summed E-state index contributed by atoms with van der Waals surface area (Å²) in [6.45, 7) is 3.71. The number of nitrogens with zero attached hydrogens (tertiary/aromatic N) is 1. The first-order valence-corrected chi connectivity index (χ1v) is 8.52. The number of hydrogen-bond acceptors (Lipinski definition) is 3. The van der Waals surface area contributed by atoms with Crippen molar-refractivity contribution < 1.29 is 23.2 Å². The second kappa shape index (κ2) is 7.26. The molecule has 0 bridgehead atoms. The van der Waals surface area contributed by atoms with Gasteiger partial charge in [-0.1, -0.05) is 26.0 Å². The van der Waals surface area contributed by atoms with Crippen molar-refractivity contribution in [2.24, 2.45) is 5.92 Å². The molecule has 0 saturated carbocycles. The van der Waals surface area contributed by atoms with E-state index in [1.165, 1.54) is 18.2 Å². The van der Waals surface area contributed by atoms with Crippen LogP contribution in [0.1, 0.15) is 41.0 Å². The van der Waals surface area contributed by atoms with Crippen molar-refractivity contribution >= 4 is 23.4 Å². The summed E-state index contributed by atoms with van der Waals surface area (Å²) in [6, 6.07) is 8.26. The van der Waals surface area contributed by atoms with Gasteiger partial charge < -0.3 is 5.32 Å². The van der Waals surface area contributed by atoms with E-state index in [-0.39, 0.29) is 29.2 Å². The molecule has 3 rings (SSSR count). The molecule has 1 aliphatic rings. The molecule has 0 aliphatic carbocycles. The highest BCUT2D eigenvalue weighted by molar-refractivity contribution is 6.23. The number of carbonyl (C=O) groups excluding carboxylic acids is 3. The van der Waals surface area contributed by atoms with Crippen LogP contribution in [0.15, 0.2) is 42.5 Å². The standard InChI is InChI=1S/C20H18F2N2O3/c1-11(2)9-17(18(25)23-12-7-8-15(21)16(22)10-12)24-19(26)13-5-3-4-6-14(13)20(24)27/h3-8,10-11,17H,9H2,1-2H3,(H,23,25). The Hall–Kier alpha value is -3.09. The normalized spacial score (nSPS) is 14.5. The van der Waals surface area contributed by atoms with Crippen LogP contribution in [-0.2, 0) is 4.79 Å². The van der Waals surface area contributed by atoms with E-state index in [4.69, 9.17) is 0 Å². The van der Waals surface area contributed by atoms with E-state index < -0.39 is 35.4 Å². The number of amides is 3. The Morgan fingerprint density at radius 3 is 2.11 bits per heavy atom. The largest absolute Gasteiger partial charge is 0.324 e. The zero-order valence-electron chi connectivity index (χ0n) is 14.8. The molecule has 140 valence electrons. The van der Waals surface area contributed by atoms with Crippen LogP contribution in [0.5, 0.6) is 0 Å². The molecular weight excluding hydrogens is 354 g/mol. The zero-order valence-corrected chi connectivity index (χ0v) is 14.8. The van der Waals surface area contributed by atoms with E-state index in [9.17, 15) is 23.2 Å². The average Bonchev–Trinajstić information content (AvgIpc) is 2.87. The molecule has 5 nitrogen and oxygen atoms in total. The lowest BCUT2D eigenvalue weighted by Gasteiger charge is -2.26. The van der Waals surface area contributed by atoms with E-state index in [2.05, 4.69) is 5.32 Å². The van der Waals surface area contributed by atoms with Crippen molar-refractivity contribution in [3.63, 3.8) is 0 Å². The van der Waals surface area contributed by atoms with Crippen molar-refractivity contribution in [2.45, 2.75) is 26.3 Å². The molecule has 2 aromatic rings. The first-order chi connectivity index (χ1) is 12.8. The minimum atomic E-state index is -1.10. The minimum absolute atomic E-state index is 0.00927. The van der Waals surface area contributed by atoms with Crippen LogP contribution in [-0.4, -0.2) is 28.7 Å². The molecule has 27 heavy (non-hydrogen) atoms. The first kappa shape index (κ1) is 18.7. The fraction of sp³-hybridized carbons (Fsp3) is 0.250. The quantitative estimate of drug-likeness (QED) is 0.816. The Kier molecular flexibility index (Phi) is 5.03. The van der Waals surface area contributed by atoms with E-state index in [1.807, 2.05) is 13.8 Å². The van der Waals surface area contributed by atoms with Crippen LogP contribution < -0.4 is 5.32 Å². The molecule has 0 radical (unpaired) electrons. The van der Waals surface area contributed by atoms with Gasteiger partial charge in [-0.2, -0.15) is 0 Å². The molecule has 1 heterocycles. The maximum absolute atomic E-state index is 13.4. The van der Waals surface area contributed by atoms with Gasteiger partial charge in [-0.15, -0.1) is 0 Å².